The van der Waals surface area contributed by atoms with Crippen molar-refractivity contribution in [1.82, 2.24) is 19.9 Å². The Bertz CT molecular complexity index is 5270. The van der Waals surface area contributed by atoms with E-state index >= 15 is 0 Å². The summed E-state index contributed by atoms with van der Waals surface area (Å²) in [5, 5.41) is 14.7. The number of aromatic nitrogens is 4. The molecule has 1 fully saturated rings. The van der Waals surface area contributed by atoms with Gasteiger partial charge in [0.15, 0.2) is 0 Å². The maximum absolute atomic E-state index is 6.26. The van der Waals surface area contributed by atoms with Crippen LogP contribution in [0.3, 0.4) is 0 Å². The predicted octanol–water partition coefficient (Wildman–Crippen LogP) is 19.6. The van der Waals surface area contributed by atoms with Gasteiger partial charge in [-0.25, -0.2) is 19.9 Å². The van der Waals surface area contributed by atoms with Crippen molar-refractivity contribution in [3.63, 3.8) is 0 Å². The lowest BCUT2D eigenvalue weighted by molar-refractivity contribution is 0.00578. The summed E-state index contributed by atoms with van der Waals surface area (Å²) in [6, 6.07) is 83.6. The Morgan fingerprint density at radius 3 is 1.20 bits per heavy atom. The minimum Gasteiger partial charge on any atom is -0.399 e. The molecule has 7 heterocycles. The molecule has 0 saturated carbocycles. The lowest BCUT2D eigenvalue weighted by Gasteiger charge is -2.32. The third-order valence-corrected chi connectivity index (χ3v) is 19.6. The summed E-state index contributed by atoms with van der Waals surface area (Å²) in [6.07, 6.45) is 0. The number of rotatable bonds is 5. The van der Waals surface area contributed by atoms with E-state index in [0.717, 1.165) is 83.3 Å². The summed E-state index contributed by atoms with van der Waals surface area (Å²) in [5.74, 6) is 0. The van der Waals surface area contributed by atoms with E-state index in [2.05, 4.69) is 246 Å². The molecule has 83 heavy (non-hydrogen) atoms. The fourth-order valence-electron chi connectivity index (χ4n) is 12.1. The van der Waals surface area contributed by atoms with Crippen LogP contribution in [0, 0.1) is 0 Å². The molecule has 1 aliphatic rings. The van der Waals surface area contributed by atoms with Crippen LogP contribution in [0.1, 0.15) is 27.7 Å². The topological polar surface area (TPSA) is 70.0 Å². The number of fused-ring (bicyclic) bond motifs is 17. The van der Waals surface area contributed by atoms with Crippen molar-refractivity contribution >= 4 is 141 Å². The summed E-state index contributed by atoms with van der Waals surface area (Å²) in [7, 11) is -0.372. The number of hydrogen-bond donors (Lipinski definition) is 0. The molecule has 0 unspecified atom stereocenters. The largest absolute Gasteiger partial charge is 0.494 e. The SMILES string of the molecule is CC1(C)OB(c2ccc(-c3nc4ccccc4c4c3ccc3c5ccccc5sc34)cc2)OC1(C)C.c1ccc(-c2ccc3ccc4ccc(-c5ccc(-c6nc7ccccc7c7c6ccc6c8ccccc8sc67)cc5)nc4c3n2)cc1. The molecule has 1 aliphatic heterocycles. The maximum atomic E-state index is 6.26. The summed E-state index contributed by atoms with van der Waals surface area (Å²) < 4.78 is 17.8. The highest BCUT2D eigenvalue weighted by atomic mass is 32.1. The van der Waals surface area contributed by atoms with E-state index in [9.17, 15) is 0 Å². The standard InChI is InChI=1S/C43H25N3S.C31H26BNO2S/c1-2-8-26(9-3-1)35-24-20-29-18-19-30-21-25-36(45-42(30)41(29)44-35)27-14-16-28(17-15-27)40-34-23-22-32-31-10-5-7-13-38(31)47-43(32)39(34)33-11-4-6-12-37(33)46-40;1-30(2)31(3,4)35-32(34-30)20-15-13-19(14-16-20)28-24-18-17-22-21-9-6-8-12-26(21)36-29(22)27(24)23-10-5-7-11-25(23)33-28/h1-25H;5-18H,1-4H3. The van der Waals surface area contributed by atoms with Crippen LogP contribution in [0.4, 0.5) is 0 Å². The zero-order valence-electron chi connectivity index (χ0n) is 46.0. The highest BCUT2D eigenvalue weighted by Gasteiger charge is 2.51. The van der Waals surface area contributed by atoms with Gasteiger partial charge in [0.05, 0.1) is 56.0 Å². The molecule has 16 aromatic rings. The van der Waals surface area contributed by atoms with Crippen LogP contribution in [-0.2, 0) is 9.31 Å². The summed E-state index contributed by atoms with van der Waals surface area (Å²) in [4.78, 5) is 20.6. The molecule has 0 radical (unpaired) electrons. The third-order valence-electron chi connectivity index (χ3n) is 17.2. The van der Waals surface area contributed by atoms with Crippen molar-refractivity contribution in [2.75, 3.05) is 0 Å². The summed E-state index contributed by atoms with van der Waals surface area (Å²) in [6.45, 7) is 8.34. The number of benzene rings is 10. The summed E-state index contributed by atoms with van der Waals surface area (Å²) >= 11 is 3.74. The first-order valence-electron chi connectivity index (χ1n) is 28.2. The van der Waals surface area contributed by atoms with E-state index in [-0.39, 0.29) is 18.3 Å². The molecule has 0 amide bonds. The van der Waals surface area contributed by atoms with Gasteiger partial charge in [0.1, 0.15) is 0 Å². The fourth-order valence-corrected chi connectivity index (χ4v) is 14.7. The molecule has 6 nitrogen and oxygen atoms in total. The normalized spacial score (nSPS) is 14.1. The van der Waals surface area contributed by atoms with Crippen molar-refractivity contribution in [2.45, 2.75) is 38.9 Å². The molecule has 394 valence electrons. The van der Waals surface area contributed by atoms with Crippen LogP contribution in [0.15, 0.2) is 237 Å². The van der Waals surface area contributed by atoms with Crippen LogP contribution in [0.25, 0.3) is 151 Å². The lowest BCUT2D eigenvalue weighted by atomic mass is 9.78. The smallest absolute Gasteiger partial charge is 0.399 e. The second-order valence-corrected chi connectivity index (χ2v) is 24.7. The molecule has 1 saturated heterocycles. The third kappa shape index (κ3) is 8.21. The van der Waals surface area contributed by atoms with Gasteiger partial charge in [0.25, 0.3) is 0 Å². The molecule has 0 aliphatic carbocycles. The summed E-state index contributed by atoms with van der Waals surface area (Å²) in [5.41, 5.74) is 12.4. The van der Waals surface area contributed by atoms with Gasteiger partial charge in [-0.3, -0.25) is 0 Å². The Hall–Kier alpha value is -9.22. The molecule has 0 bridgehead atoms. The maximum Gasteiger partial charge on any atom is 0.494 e. The number of thiophene rings is 2. The molecule has 0 spiro atoms. The van der Waals surface area contributed by atoms with E-state index in [1.54, 1.807) is 0 Å². The minimum atomic E-state index is -0.372. The van der Waals surface area contributed by atoms with Gasteiger partial charge in [-0.2, -0.15) is 0 Å². The number of pyridine rings is 4. The van der Waals surface area contributed by atoms with E-state index in [1.165, 1.54) is 72.7 Å². The van der Waals surface area contributed by atoms with Crippen molar-refractivity contribution in [3.8, 4) is 45.0 Å². The minimum absolute atomic E-state index is 0.359. The van der Waals surface area contributed by atoms with Gasteiger partial charge in [0, 0.05) is 106 Å². The van der Waals surface area contributed by atoms with Gasteiger partial charge >= 0.3 is 7.12 Å². The average Bonchev–Trinajstić information content (AvgIpc) is 4.41. The first-order valence-corrected chi connectivity index (χ1v) is 29.8. The molecule has 6 aromatic heterocycles. The Balaban J connectivity index is 0.000000141. The van der Waals surface area contributed by atoms with E-state index in [0.29, 0.717) is 0 Å². The average molecular weight is 1100 g/mol. The Kier molecular flexibility index (Phi) is 11.5. The molecule has 9 heteroatoms. The van der Waals surface area contributed by atoms with Crippen molar-refractivity contribution in [1.29, 1.82) is 0 Å². The molecule has 0 N–H and O–H groups in total. The van der Waals surface area contributed by atoms with Crippen molar-refractivity contribution in [2.24, 2.45) is 0 Å². The van der Waals surface area contributed by atoms with Crippen LogP contribution in [0.2, 0.25) is 0 Å². The highest BCUT2D eigenvalue weighted by molar-refractivity contribution is 7.27. The predicted molar refractivity (Wildman–Crippen MR) is 352 cm³/mol. The second kappa shape index (κ2) is 19.2. The first kappa shape index (κ1) is 49.6. The van der Waals surface area contributed by atoms with Gasteiger partial charge in [-0.15, -0.1) is 22.7 Å². The van der Waals surface area contributed by atoms with Crippen LogP contribution >= 0.6 is 22.7 Å². The van der Waals surface area contributed by atoms with Crippen LogP contribution < -0.4 is 5.46 Å². The molecule has 0 atom stereocenters. The first-order chi connectivity index (χ1) is 40.6. The molecular weight excluding hydrogens is 1050 g/mol. The lowest BCUT2D eigenvalue weighted by Crippen LogP contribution is -2.41. The second-order valence-electron chi connectivity index (χ2n) is 22.6. The van der Waals surface area contributed by atoms with Gasteiger partial charge in [-0.05, 0) is 69.6 Å². The zero-order valence-corrected chi connectivity index (χ0v) is 47.6. The van der Waals surface area contributed by atoms with Gasteiger partial charge < -0.3 is 9.31 Å². The van der Waals surface area contributed by atoms with E-state index in [1.807, 2.05) is 40.9 Å². The molecule has 17 rings (SSSR count). The quantitative estimate of drug-likeness (QED) is 0.126. The number of nitrogens with zero attached hydrogens (tertiary/aromatic N) is 4. The Labute approximate surface area is 487 Å². The van der Waals surface area contributed by atoms with Crippen LogP contribution in [-0.4, -0.2) is 38.3 Å². The number of hydrogen-bond acceptors (Lipinski definition) is 8. The van der Waals surface area contributed by atoms with Crippen LogP contribution in [0.5, 0.6) is 0 Å². The Morgan fingerprint density at radius 2 is 0.711 bits per heavy atom. The molecular formula is C74H51BN4O2S2. The van der Waals surface area contributed by atoms with E-state index in [4.69, 9.17) is 29.2 Å². The van der Waals surface area contributed by atoms with Gasteiger partial charge in [0.2, 0.25) is 0 Å². The molecule has 10 aromatic carbocycles. The fraction of sp³-hybridized carbons (Fsp3) is 0.0811. The monoisotopic (exact) mass is 1100 g/mol. The Morgan fingerprint density at radius 1 is 0.325 bits per heavy atom. The van der Waals surface area contributed by atoms with E-state index < -0.39 is 0 Å². The zero-order chi connectivity index (χ0) is 55.6. The van der Waals surface area contributed by atoms with Crippen molar-refractivity contribution in [3.05, 3.63) is 237 Å². The van der Waals surface area contributed by atoms with Gasteiger partial charge in [-0.1, -0.05) is 200 Å². The number of para-hydroxylation sites is 2. The van der Waals surface area contributed by atoms with Crippen molar-refractivity contribution < 1.29 is 9.31 Å². The highest BCUT2D eigenvalue weighted by Crippen LogP contribution is 2.46.